The summed E-state index contributed by atoms with van der Waals surface area (Å²) in [7, 11) is 0.0679. The molecule has 0 bridgehead atoms. The van der Waals surface area contributed by atoms with Gasteiger partial charge in [0.2, 0.25) is 0 Å². The van der Waals surface area contributed by atoms with E-state index in [4.69, 9.17) is 15.2 Å². The summed E-state index contributed by atoms with van der Waals surface area (Å²) in [5.41, 5.74) is 6.13. The van der Waals surface area contributed by atoms with Crippen molar-refractivity contribution < 1.29 is 9.47 Å². The molecule has 0 aromatic carbocycles. The molecule has 0 aliphatic heterocycles. The molecule has 14 heavy (non-hydrogen) atoms. The van der Waals surface area contributed by atoms with Crippen LogP contribution in [0.25, 0.3) is 0 Å². The second kappa shape index (κ2) is 5.07. The normalized spacial score (nSPS) is 18.7. The maximum Gasteiger partial charge on any atom is 0.162 e. The zero-order valence-electron chi connectivity index (χ0n) is 9.96. The topological polar surface area (TPSA) is 44.5 Å². The van der Waals surface area contributed by atoms with Crippen molar-refractivity contribution in [1.29, 1.82) is 0 Å². The summed E-state index contributed by atoms with van der Waals surface area (Å²) in [5.74, 6) is 0. The third kappa shape index (κ3) is 3.92. The number of hydrogen-bond donors (Lipinski definition) is 1. The van der Waals surface area contributed by atoms with Gasteiger partial charge >= 0.3 is 0 Å². The molecule has 84 valence electrons. The molecule has 3 nitrogen and oxygen atoms in total. The second-order valence-corrected chi connectivity index (χ2v) is 10.2. The lowest BCUT2D eigenvalue weighted by Gasteiger charge is -2.38. The van der Waals surface area contributed by atoms with Gasteiger partial charge in [-0.25, -0.2) is 0 Å². The zero-order valence-corrected chi connectivity index (χ0v) is 11.0. The maximum absolute atomic E-state index is 6.13. The molecule has 0 amide bonds. The highest BCUT2D eigenvalue weighted by Crippen LogP contribution is 2.21. The fourth-order valence-corrected chi connectivity index (χ4v) is 1.26. The first kappa shape index (κ1) is 13.8. The quantitative estimate of drug-likeness (QED) is 0.421. The van der Waals surface area contributed by atoms with Gasteiger partial charge in [-0.15, -0.1) is 6.58 Å². The van der Waals surface area contributed by atoms with Gasteiger partial charge in [-0.2, -0.15) is 0 Å². The van der Waals surface area contributed by atoms with Crippen LogP contribution in [0.2, 0.25) is 19.6 Å². The largest absolute Gasteiger partial charge is 0.355 e. The van der Waals surface area contributed by atoms with Crippen molar-refractivity contribution >= 4 is 8.07 Å². The van der Waals surface area contributed by atoms with Crippen molar-refractivity contribution in [3.63, 3.8) is 0 Å². The van der Waals surface area contributed by atoms with Crippen LogP contribution in [0.5, 0.6) is 0 Å². The Morgan fingerprint density at radius 3 is 2.29 bits per heavy atom. The highest BCUT2D eigenvalue weighted by atomic mass is 28.3. The number of ether oxygens (including phenoxy) is 2. The molecule has 4 heteroatoms. The monoisotopic (exact) mass is 217 g/mol. The Labute approximate surface area is 88.3 Å². The average Bonchev–Trinajstić information content (AvgIpc) is 2.01. The molecule has 0 aromatic rings. The fraction of sp³-hybridized carbons (Fsp3) is 0.800. The summed E-state index contributed by atoms with van der Waals surface area (Å²) in [6.07, 6.45) is 2.15. The molecular formula is C10H23NO2Si. The summed E-state index contributed by atoms with van der Waals surface area (Å²) in [6, 6.07) is 0. The Morgan fingerprint density at radius 1 is 1.50 bits per heavy atom. The van der Waals surface area contributed by atoms with Gasteiger partial charge in [0.1, 0.15) is 13.4 Å². The lowest BCUT2D eigenvalue weighted by atomic mass is 10.4. The van der Waals surface area contributed by atoms with Crippen LogP contribution >= 0.6 is 0 Å². The highest BCUT2D eigenvalue weighted by molar-refractivity contribution is 6.78. The maximum atomic E-state index is 6.13. The molecule has 0 heterocycles. The van der Waals surface area contributed by atoms with Gasteiger partial charge in [0.25, 0.3) is 0 Å². The fourth-order valence-electron chi connectivity index (χ4n) is 0.778. The van der Waals surface area contributed by atoms with E-state index in [0.29, 0.717) is 6.42 Å². The van der Waals surface area contributed by atoms with E-state index in [1.807, 2.05) is 6.92 Å². The van der Waals surface area contributed by atoms with E-state index in [9.17, 15) is 0 Å². The highest BCUT2D eigenvalue weighted by Gasteiger charge is 2.38. The van der Waals surface area contributed by atoms with Crippen molar-refractivity contribution in [1.82, 2.24) is 0 Å². The van der Waals surface area contributed by atoms with E-state index >= 15 is 0 Å². The average molecular weight is 217 g/mol. The predicted molar refractivity (Wildman–Crippen MR) is 62.6 cm³/mol. The lowest BCUT2D eigenvalue weighted by molar-refractivity contribution is -0.165. The summed E-state index contributed by atoms with van der Waals surface area (Å²) in [6.45, 7) is 12.1. The summed E-state index contributed by atoms with van der Waals surface area (Å²) >= 11 is 0. The van der Waals surface area contributed by atoms with Crippen LogP contribution in [-0.2, 0) is 9.47 Å². The van der Waals surface area contributed by atoms with Crippen LogP contribution in [0, 0.1) is 0 Å². The van der Waals surface area contributed by atoms with E-state index in [1.54, 1.807) is 13.2 Å². The van der Waals surface area contributed by atoms with Crippen LogP contribution in [0.15, 0.2) is 12.7 Å². The molecule has 0 fully saturated rings. The molecular weight excluding hydrogens is 194 g/mol. The Hall–Kier alpha value is -0.163. The van der Waals surface area contributed by atoms with Gasteiger partial charge in [0, 0.05) is 13.5 Å². The molecule has 0 aromatic heterocycles. The van der Waals surface area contributed by atoms with E-state index in [-0.39, 0.29) is 6.29 Å². The minimum Gasteiger partial charge on any atom is -0.355 e. The van der Waals surface area contributed by atoms with Gasteiger partial charge in [-0.1, -0.05) is 25.7 Å². The third-order valence-electron chi connectivity index (χ3n) is 2.49. The van der Waals surface area contributed by atoms with Crippen LogP contribution < -0.4 is 5.73 Å². The molecule has 0 radical (unpaired) electrons. The standard InChI is InChI=1S/C10H23NO2Si/c1-7-8-9(12-3)13-10(2,11)14(4,5)6/h7,9H,1,8,11H2,2-6H3. The summed E-state index contributed by atoms with van der Waals surface area (Å²) in [4.78, 5) is 0. The van der Waals surface area contributed by atoms with Crippen LogP contribution in [0.3, 0.4) is 0 Å². The Kier molecular flexibility index (Phi) is 5.01. The van der Waals surface area contributed by atoms with Crippen LogP contribution in [0.1, 0.15) is 13.3 Å². The lowest BCUT2D eigenvalue weighted by Crippen LogP contribution is -2.60. The van der Waals surface area contributed by atoms with E-state index in [1.165, 1.54) is 0 Å². The van der Waals surface area contributed by atoms with E-state index < -0.39 is 13.4 Å². The molecule has 0 aliphatic carbocycles. The van der Waals surface area contributed by atoms with Crippen molar-refractivity contribution in [2.24, 2.45) is 5.73 Å². The number of nitrogens with two attached hydrogens (primary N) is 1. The zero-order chi connectivity index (χ0) is 11.4. The summed E-state index contributed by atoms with van der Waals surface area (Å²) < 4.78 is 10.9. The number of methoxy groups -OCH3 is 1. The first-order chi connectivity index (χ1) is 6.24. The van der Waals surface area contributed by atoms with Gasteiger partial charge in [-0.3, -0.25) is 0 Å². The number of hydrogen-bond acceptors (Lipinski definition) is 3. The minimum atomic E-state index is -1.55. The van der Waals surface area contributed by atoms with E-state index in [2.05, 4.69) is 26.2 Å². The van der Waals surface area contributed by atoms with Gasteiger partial charge < -0.3 is 15.2 Å². The molecule has 0 saturated carbocycles. The smallest absolute Gasteiger partial charge is 0.162 e. The Balaban J connectivity index is 4.39. The molecule has 2 unspecified atom stereocenters. The molecule has 0 spiro atoms. The van der Waals surface area contributed by atoms with Crippen molar-refractivity contribution in [2.75, 3.05) is 7.11 Å². The van der Waals surface area contributed by atoms with E-state index in [0.717, 1.165) is 0 Å². The SMILES string of the molecule is C=CCC(OC)OC(C)(N)[Si](C)(C)C. The molecule has 2 atom stereocenters. The molecule has 2 N–H and O–H groups in total. The third-order valence-corrected chi connectivity index (χ3v) is 5.58. The minimum absolute atomic E-state index is 0.283. The molecule has 0 rings (SSSR count). The Bertz CT molecular complexity index is 187. The predicted octanol–water partition coefficient (Wildman–Crippen LogP) is 2.10. The first-order valence-corrected chi connectivity index (χ1v) is 8.35. The summed E-state index contributed by atoms with van der Waals surface area (Å²) in [5, 5.41) is -0.573. The van der Waals surface area contributed by atoms with Crippen LogP contribution in [-0.4, -0.2) is 26.8 Å². The van der Waals surface area contributed by atoms with Gasteiger partial charge in [-0.05, 0) is 6.92 Å². The van der Waals surface area contributed by atoms with Crippen LogP contribution in [0.4, 0.5) is 0 Å². The van der Waals surface area contributed by atoms with Crippen molar-refractivity contribution in [2.45, 2.75) is 44.6 Å². The van der Waals surface area contributed by atoms with Gasteiger partial charge in [0.15, 0.2) is 6.29 Å². The second-order valence-electron chi connectivity index (χ2n) is 4.66. The number of rotatable bonds is 6. The van der Waals surface area contributed by atoms with Crippen molar-refractivity contribution in [3.05, 3.63) is 12.7 Å². The molecule has 0 aliphatic rings. The first-order valence-electron chi connectivity index (χ1n) is 4.85. The Morgan fingerprint density at radius 2 is 2.00 bits per heavy atom. The van der Waals surface area contributed by atoms with Gasteiger partial charge in [0.05, 0.1) is 0 Å². The van der Waals surface area contributed by atoms with Crippen molar-refractivity contribution in [3.8, 4) is 0 Å². The molecule has 0 saturated heterocycles.